The highest BCUT2D eigenvalue weighted by atomic mass is 16.5. The van der Waals surface area contributed by atoms with Gasteiger partial charge < -0.3 is 19.6 Å². The predicted molar refractivity (Wildman–Crippen MR) is 121 cm³/mol. The van der Waals surface area contributed by atoms with E-state index >= 15 is 0 Å². The number of likely N-dealkylation sites (tertiary alicyclic amines) is 1. The number of anilines is 1. The van der Waals surface area contributed by atoms with E-state index in [0.29, 0.717) is 32.5 Å². The summed E-state index contributed by atoms with van der Waals surface area (Å²) in [6, 6.07) is 6.31. The first-order chi connectivity index (χ1) is 16.0. The second-order valence-electron chi connectivity index (χ2n) is 11.0. The fraction of sp³-hybridized carbons (Fsp3) is 0.640. The summed E-state index contributed by atoms with van der Waals surface area (Å²) in [6.45, 7) is 2.17. The Hall–Kier alpha value is -2.61. The van der Waals surface area contributed by atoms with E-state index in [1.165, 1.54) is 29.9 Å². The molecular weight excluding hydrogens is 420 g/mol. The highest BCUT2D eigenvalue weighted by Gasteiger charge is 2.59. The largest absolute Gasteiger partial charge is 0.465 e. The molecule has 8 heteroatoms. The van der Waals surface area contributed by atoms with Crippen LogP contribution in [0.15, 0.2) is 18.2 Å². The lowest BCUT2D eigenvalue weighted by atomic mass is 9.43. The topological polar surface area (TPSA) is 87.9 Å². The molecule has 6 fully saturated rings. The number of hydrogen-bond donors (Lipinski definition) is 1. The van der Waals surface area contributed by atoms with Crippen molar-refractivity contribution in [3.8, 4) is 0 Å². The second kappa shape index (κ2) is 6.72. The molecule has 3 aliphatic heterocycles. The number of aromatic nitrogens is 2. The van der Waals surface area contributed by atoms with E-state index < -0.39 is 11.5 Å². The Kier molecular flexibility index (Phi) is 4.03. The van der Waals surface area contributed by atoms with Gasteiger partial charge in [0.25, 0.3) is 0 Å². The Balaban J connectivity index is 1.26. The Morgan fingerprint density at radius 2 is 1.94 bits per heavy atom. The van der Waals surface area contributed by atoms with Crippen LogP contribution < -0.4 is 4.90 Å². The van der Waals surface area contributed by atoms with Crippen LogP contribution in [0.5, 0.6) is 0 Å². The van der Waals surface area contributed by atoms with Gasteiger partial charge in [-0.3, -0.25) is 4.79 Å². The van der Waals surface area contributed by atoms with Crippen LogP contribution in [-0.2, 0) is 14.9 Å². The van der Waals surface area contributed by atoms with Gasteiger partial charge in [0.15, 0.2) is 6.23 Å². The molecular formula is C25H30N4O4. The summed E-state index contributed by atoms with van der Waals surface area (Å²) in [5.41, 5.74) is 2.85. The van der Waals surface area contributed by atoms with Gasteiger partial charge in [0.2, 0.25) is 5.91 Å². The maximum atomic E-state index is 13.5. The van der Waals surface area contributed by atoms with Crippen LogP contribution in [0, 0.1) is 11.3 Å². The van der Waals surface area contributed by atoms with E-state index in [-0.39, 0.29) is 17.6 Å². The smallest absolute Gasteiger partial charge is 0.407 e. The molecule has 8 rings (SSSR count). The minimum Gasteiger partial charge on any atom is -0.465 e. The van der Waals surface area contributed by atoms with Crippen LogP contribution in [0.1, 0.15) is 63.3 Å². The summed E-state index contributed by atoms with van der Waals surface area (Å²) in [4.78, 5) is 28.2. The van der Waals surface area contributed by atoms with Crippen molar-refractivity contribution in [1.82, 2.24) is 14.7 Å². The first-order valence-electron chi connectivity index (χ1n) is 12.4. The lowest BCUT2D eigenvalue weighted by Crippen LogP contribution is -2.55. The van der Waals surface area contributed by atoms with E-state index in [1.807, 2.05) is 11.0 Å². The van der Waals surface area contributed by atoms with Crippen molar-refractivity contribution in [3.63, 3.8) is 0 Å². The standard InChI is InChI=1S/C25H30N4O4/c30-22-24(6-8-27(15-24)23(31)32)7-9-28(22)17-4-5-19-18(11-17)21(25-12-16(13-25)14-25)26-29(19)20-3-1-2-10-33-20/h4-5,11,16,20H,1-3,6-10,12-15H2,(H,31,32). The third kappa shape index (κ3) is 2.70. The molecule has 33 heavy (non-hydrogen) atoms. The van der Waals surface area contributed by atoms with Crippen LogP contribution in [0.25, 0.3) is 10.9 Å². The van der Waals surface area contributed by atoms with Gasteiger partial charge in [-0.1, -0.05) is 0 Å². The average Bonchev–Trinajstić information content (AvgIpc) is 3.44. The van der Waals surface area contributed by atoms with Crippen molar-refractivity contribution in [3.05, 3.63) is 23.9 Å². The first kappa shape index (κ1) is 19.8. The van der Waals surface area contributed by atoms with Gasteiger partial charge in [0, 0.05) is 42.7 Å². The quantitative estimate of drug-likeness (QED) is 0.766. The molecule has 1 N–H and O–H groups in total. The number of ether oxygens (including phenoxy) is 1. The molecule has 1 spiro atoms. The summed E-state index contributed by atoms with van der Waals surface area (Å²) in [5, 5.41) is 15.7. The van der Waals surface area contributed by atoms with Crippen molar-refractivity contribution in [2.45, 2.75) is 63.0 Å². The predicted octanol–water partition coefficient (Wildman–Crippen LogP) is 3.89. The zero-order valence-corrected chi connectivity index (χ0v) is 18.8. The highest BCUT2D eigenvalue weighted by molar-refractivity contribution is 6.02. The molecule has 2 aromatic rings. The van der Waals surface area contributed by atoms with E-state index in [4.69, 9.17) is 9.84 Å². The summed E-state index contributed by atoms with van der Waals surface area (Å²) >= 11 is 0. The van der Waals surface area contributed by atoms with Gasteiger partial charge in [-0.15, -0.1) is 0 Å². The second-order valence-corrected chi connectivity index (χ2v) is 11.0. The lowest BCUT2D eigenvalue weighted by molar-refractivity contribution is -0.124. The number of carboxylic acid groups (broad SMARTS) is 1. The molecule has 2 bridgehead atoms. The zero-order valence-electron chi connectivity index (χ0n) is 18.8. The van der Waals surface area contributed by atoms with E-state index in [9.17, 15) is 14.7 Å². The van der Waals surface area contributed by atoms with E-state index in [0.717, 1.165) is 48.4 Å². The summed E-state index contributed by atoms with van der Waals surface area (Å²) in [7, 11) is 0. The van der Waals surface area contributed by atoms with Gasteiger partial charge in [-0.25, -0.2) is 9.48 Å². The van der Waals surface area contributed by atoms with Crippen LogP contribution in [0.3, 0.4) is 0 Å². The van der Waals surface area contributed by atoms with Gasteiger partial charge in [0.1, 0.15) is 0 Å². The van der Waals surface area contributed by atoms with Crippen LogP contribution in [0.4, 0.5) is 10.5 Å². The summed E-state index contributed by atoms with van der Waals surface area (Å²) in [6.07, 6.45) is 7.32. The van der Waals surface area contributed by atoms with Crippen molar-refractivity contribution < 1.29 is 19.4 Å². The van der Waals surface area contributed by atoms with Gasteiger partial charge in [-0.05, 0) is 75.5 Å². The van der Waals surface area contributed by atoms with Crippen molar-refractivity contribution in [1.29, 1.82) is 0 Å². The number of hydrogen-bond acceptors (Lipinski definition) is 4. The SMILES string of the molecule is O=C(O)N1CCC2(CCN(c3ccc4c(c3)c(C35CC(C3)C5)nn4C3CCCCO3)C2=O)C1. The molecule has 0 radical (unpaired) electrons. The third-order valence-electron chi connectivity index (χ3n) is 9.11. The van der Waals surface area contributed by atoms with Crippen LogP contribution in [-0.4, -0.2) is 58.0 Å². The molecule has 2 amide bonds. The van der Waals surface area contributed by atoms with Crippen LogP contribution in [0.2, 0.25) is 0 Å². The Bertz CT molecular complexity index is 1150. The molecule has 1 aromatic heterocycles. The molecule has 174 valence electrons. The third-order valence-corrected chi connectivity index (χ3v) is 9.11. The molecule has 3 saturated carbocycles. The monoisotopic (exact) mass is 450 g/mol. The number of nitrogens with zero attached hydrogens (tertiary/aromatic N) is 4. The number of fused-ring (bicyclic) bond motifs is 1. The van der Waals surface area contributed by atoms with Crippen molar-refractivity contribution >= 4 is 28.6 Å². The Morgan fingerprint density at radius 1 is 1.12 bits per heavy atom. The van der Waals surface area contributed by atoms with Crippen molar-refractivity contribution in [2.75, 3.05) is 31.1 Å². The maximum Gasteiger partial charge on any atom is 0.407 e. The molecule has 2 unspecified atom stereocenters. The lowest BCUT2D eigenvalue weighted by Gasteiger charge is -2.61. The Morgan fingerprint density at radius 3 is 2.61 bits per heavy atom. The number of amides is 2. The van der Waals surface area contributed by atoms with Crippen LogP contribution >= 0.6 is 0 Å². The van der Waals surface area contributed by atoms with Gasteiger partial charge in [-0.2, -0.15) is 5.10 Å². The molecule has 3 aliphatic carbocycles. The number of carbonyl (C=O) groups is 2. The molecule has 3 saturated heterocycles. The zero-order chi connectivity index (χ0) is 22.4. The van der Waals surface area contributed by atoms with Crippen molar-refractivity contribution in [2.24, 2.45) is 11.3 Å². The molecule has 6 aliphatic rings. The number of rotatable bonds is 3. The molecule has 1 aromatic carbocycles. The minimum absolute atomic E-state index is 0.00891. The maximum absolute atomic E-state index is 13.5. The van der Waals surface area contributed by atoms with Gasteiger partial charge in [0.05, 0.1) is 16.6 Å². The fourth-order valence-electron chi connectivity index (χ4n) is 7.07. The van der Waals surface area contributed by atoms with Gasteiger partial charge >= 0.3 is 6.09 Å². The highest BCUT2D eigenvalue weighted by Crippen LogP contribution is 2.65. The molecule has 8 nitrogen and oxygen atoms in total. The first-order valence-corrected chi connectivity index (χ1v) is 12.4. The summed E-state index contributed by atoms with van der Waals surface area (Å²) in [5.74, 6) is 0.930. The normalized spacial score (nSPS) is 35.3. The molecule has 2 atom stereocenters. The van der Waals surface area contributed by atoms with E-state index in [2.05, 4.69) is 16.8 Å². The number of benzene rings is 1. The minimum atomic E-state index is -0.930. The number of carbonyl (C=O) groups excluding carboxylic acids is 1. The van der Waals surface area contributed by atoms with E-state index in [1.54, 1.807) is 0 Å². The Labute approximate surface area is 192 Å². The average molecular weight is 451 g/mol. The fourth-order valence-corrected chi connectivity index (χ4v) is 7.07. The molecule has 4 heterocycles. The summed E-state index contributed by atoms with van der Waals surface area (Å²) < 4.78 is 8.19.